The molecule has 0 aromatic rings. The Morgan fingerprint density at radius 3 is 2.57 bits per heavy atom. The van der Waals surface area contributed by atoms with Crippen molar-refractivity contribution in [2.45, 2.75) is 32.8 Å². The van der Waals surface area contributed by atoms with E-state index in [-0.39, 0.29) is 18.8 Å². The average molecular weight is 203 g/mol. The van der Waals surface area contributed by atoms with Crippen LogP contribution in [-0.4, -0.2) is 29.3 Å². The fourth-order valence-electron chi connectivity index (χ4n) is 0.657. The second-order valence-electron chi connectivity index (χ2n) is 3.77. The van der Waals surface area contributed by atoms with Crippen molar-refractivity contribution in [3.8, 4) is 0 Å². The zero-order valence-corrected chi connectivity index (χ0v) is 8.70. The van der Waals surface area contributed by atoms with Gasteiger partial charge < -0.3 is 21.0 Å². The molecule has 6 heteroatoms. The van der Waals surface area contributed by atoms with Crippen LogP contribution < -0.4 is 11.1 Å². The summed E-state index contributed by atoms with van der Waals surface area (Å²) in [5, 5.41) is 13.4. The molecule has 6 nitrogen and oxygen atoms in total. The maximum absolute atomic E-state index is 11.1. The van der Waals surface area contributed by atoms with E-state index < -0.39 is 11.7 Å². The number of nitrogens with one attached hydrogen (secondary N) is 1. The van der Waals surface area contributed by atoms with E-state index in [1.807, 2.05) is 0 Å². The van der Waals surface area contributed by atoms with E-state index in [0.29, 0.717) is 0 Å². The van der Waals surface area contributed by atoms with Gasteiger partial charge in [-0.1, -0.05) is 5.16 Å². The molecule has 0 aliphatic heterocycles. The highest BCUT2D eigenvalue weighted by Gasteiger charge is 2.15. The van der Waals surface area contributed by atoms with Crippen molar-refractivity contribution in [1.82, 2.24) is 5.32 Å². The predicted octanol–water partition coefficient (Wildman–Crippen LogP) is 0.648. The molecule has 0 fully saturated rings. The van der Waals surface area contributed by atoms with E-state index in [2.05, 4.69) is 10.5 Å². The molecule has 0 aromatic carbocycles. The Balaban J connectivity index is 3.66. The quantitative estimate of drug-likeness (QED) is 0.271. The van der Waals surface area contributed by atoms with E-state index in [0.717, 1.165) is 0 Å². The average Bonchev–Trinajstić information content (AvgIpc) is 2.00. The number of amidine groups is 1. The number of nitrogens with two attached hydrogens (primary N) is 1. The topological polar surface area (TPSA) is 96.9 Å². The molecule has 0 unspecified atom stereocenters. The number of nitrogens with zero attached hydrogens (tertiary/aromatic N) is 1. The summed E-state index contributed by atoms with van der Waals surface area (Å²) >= 11 is 0. The molecule has 0 radical (unpaired) electrons. The van der Waals surface area contributed by atoms with Gasteiger partial charge in [0, 0.05) is 13.0 Å². The number of hydrogen-bond donors (Lipinski definition) is 3. The van der Waals surface area contributed by atoms with Crippen LogP contribution in [0, 0.1) is 0 Å². The minimum atomic E-state index is -0.513. The highest BCUT2D eigenvalue weighted by atomic mass is 16.6. The molecule has 82 valence electrons. The van der Waals surface area contributed by atoms with Gasteiger partial charge >= 0.3 is 6.09 Å². The van der Waals surface area contributed by atoms with Gasteiger partial charge in [0.15, 0.2) is 0 Å². The zero-order valence-electron chi connectivity index (χ0n) is 8.70. The molecule has 0 bridgehead atoms. The third-order valence-corrected chi connectivity index (χ3v) is 1.18. The predicted molar refractivity (Wildman–Crippen MR) is 52.3 cm³/mol. The third-order valence-electron chi connectivity index (χ3n) is 1.18. The van der Waals surface area contributed by atoms with Gasteiger partial charge in [-0.2, -0.15) is 0 Å². The molecular formula is C8H17N3O3. The number of hydrogen-bond acceptors (Lipinski definition) is 4. The number of amides is 1. The van der Waals surface area contributed by atoms with Crippen LogP contribution in [0.2, 0.25) is 0 Å². The van der Waals surface area contributed by atoms with Crippen LogP contribution in [0.3, 0.4) is 0 Å². The molecular weight excluding hydrogens is 186 g/mol. The largest absolute Gasteiger partial charge is 0.444 e. The van der Waals surface area contributed by atoms with E-state index in [4.69, 9.17) is 15.7 Å². The van der Waals surface area contributed by atoms with Crippen molar-refractivity contribution >= 4 is 11.9 Å². The van der Waals surface area contributed by atoms with Gasteiger partial charge in [-0.3, -0.25) is 0 Å². The van der Waals surface area contributed by atoms with E-state index in [1.165, 1.54) is 0 Å². The molecule has 1 amide bonds. The van der Waals surface area contributed by atoms with Crippen LogP contribution in [-0.2, 0) is 4.74 Å². The zero-order chi connectivity index (χ0) is 11.2. The number of carbonyl (C=O) groups is 1. The number of ether oxygens (including phenoxy) is 1. The SMILES string of the molecule is CC(C)(C)OC(=O)NCC/C(N)=N\O. The lowest BCUT2D eigenvalue weighted by Crippen LogP contribution is -2.34. The van der Waals surface area contributed by atoms with Gasteiger partial charge in [-0.05, 0) is 20.8 Å². The Morgan fingerprint density at radius 1 is 1.57 bits per heavy atom. The van der Waals surface area contributed by atoms with E-state index >= 15 is 0 Å². The van der Waals surface area contributed by atoms with Gasteiger partial charge in [-0.15, -0.1) is 0 Å². The van der Waals surface area contributed by atoms with Crippen molar-refractivity contribution in [2.75, 3.05) is 6.54 Å². The van der Waals surface area contributed by atoms with Gasteiger partial charge in [0.05, 0.1) is 0 Å². The number of rotatable bonds is 3. The lowest BCUT2D eigenvalue weighted by atomic mass is 10.2. The highest BCUT2D eigenvalue weighted by Crippen LogP contribution is 2.06. The summed E-state index contributed by atoms with van der Waals surface area (Å²) in [5.41, 5.74) is 4.68. The van der Waals surface area contributed by atoms with Crippen LogP contribution in [0.15, 0.2) is 5.16 Å². The summed E-state index contributed by atoms with van der Waals surface area (Å²) in [4.78, 5) is 11.1. The lowest BCUT2D eigenvalue weighted by molar-refractivity contribution is 0.0529. The normalized spacial score (nSPS) is 12.4. The third kappa shape index (κ3) is 7.20. The van der Waals surface area contributed by atoms with Crippen molar-refractivity contribution < 1.29 is 14.7 Å². The molecule has 14 heavy (non-hydrogen) atoms. The molecule has 0 atom stereocenters. The number of alkyl carbamates (subject to hydrolysis) is 1. The molecule has 0 saturated carbocycles. The van der Waals surface area contributed by atoms with E-state index in [1.54, 1.807) is 20.8 Å². The fraction of sp³-hybridized carbons (Fsp3) is 0.750. The molecule has 0 spiro atoms. The van der Waals surface area contributed by atoms with Crippen LogP contribution in [0.25, 0.3) is 0 Å². The number of carbonyl (C=O) groups excluding carboxylic acids is 1. The van der Waals surface area contributed by atoms with Gasteiger partial charge in [0.2, 0.25) is 0 Å². The number of oxime groups is 1. The van der Waals surface area contributed by atoms with Crippen LogP contribution in [0.4, 0.5) is 4.79 Å². The first-order chi connectivity index (χ1) is 6.35. The second-order valence-corrected chi connectivity index (χ2v) is 3.77. The molecule has 0 aromatic heterocycles. The maximum Gasteiger partial charge on any atom is 0.407 e. The first-order valence-corrected chi connectivity index (χ1v) is 4.28. The molecule has 0 saturated heterocycles. The monoisotopic (exact) mass is 203 g/mol. The molecule has 0 aliphatic carbocycles. The Bertz CT molecular complexity index is 220. The fourth-order valence-corrected chi connectivity index (χ4v) is 0.657. The maximum atomic E-state index is 11.1. The minimum Gasteiger partial charge on any atom is -0.444 e. The second kappa shape index (κ2) is 5.31. The highest BCUT2D eigenvalue weighted by molar-refractivity contribution is 5.80. The van der Waals surface area contributed by atoms with Crippen LogP contribution in [0.1, 0.15) is 27.2 Å². The molecule has 0 rings (SSSR count). The summed E-state index contributed by atoms with van der Waals surface area (Å²) in [6.07, 6.45) is -0.223. The van der Waals surface area contributed by atoms with Crippen molar-refractivity contribution in [3.05, 3.63) is 0 Å². The summed E-state index contributed by atoms with van der Waals surface area (Å²) in [5.74, 6) is 0.0704. The summed E-state index contributed by atoms with van der Waals surface area (Å²) in [6, 6.07) is 0. The Labute approximate surface area is 83.1 Å². The van der Waals surface area contributed by atoms with Crippen molar-refractivity contribution in [1.29, 1.82) is 0 Å². The first kappa shape index (κ1) is 12.5. The lowest BCUT2D eigenvalue weighted by Gasteiger charge is -2.19. The van der Waals surface area contributed by atoms with Gasteiger partial charge in [0.25, 0.3) is 0 Å². The van der Waals surface area contributed by atoms with Crippen LogP contribution in [0.5, 0.6) is 0 Å². The van der Waals surface area contributed by atoms with E-state index in [9.17, 15) is 4.79 Å². The smallest absolute Gasteiger partial charge is 0.407 e. The van der Waals surface area contributed by atoms with Crippen LogP contribution >= 0.6 is 0 Å². The summed E-state index contributed by atoms with van der Waals surface area (Å²) in [7, 11) is 0. The molecule has 4 N–H and O–H groups in total. The van der Waals surface area contributed by atoms with Gasteiger partial charge in [0.1, 0.15) is 11.4 Å². The first-order valence-electron chi connectivity index (χ1n) is 4.28. The Hall–Kier alpha value is -1.46. The standard InChI is InChI=1S/C8H17N3O3/c1-8(2,3)14-7(12)10-5-4-6(9)11-13/h13H,4-5H2,1-3H3,(H2,9,11)(H,10,12). The summed E-state index contributed by atoms with van der Waals surface area (Å²) in [6.45, 7) is 5.60. The van der Waals surface area contributed by atoms with Crippen molar-refractivity contribution in [2.24, 2.45) is 10.9 Å². The Morgan fingerprint density at radius 2 is 2.14 bits per heavy atom. The molecule has 0 heterocycles. The minimum absolute atomic E-state index is 0.0704. The molecule has 0 aliphatic rings. The summed E-state index contributed by atoms with van der Waals surface area (Å²) < 4.78 is 4.96. The van der Waals surface area contributed by atoms with Gasteiger partial charge in [-0.25, -0.2) is 4.79 Å². The van der Waals surface area contributed by atoms with Crippen molar-refractivity contribution in [3.63, 3.8) is 0 Å². The Kier molecular flexibility index (Phi) is 4.76.